The van der Waals surface area contributed by atoms with E-state index < -0.39 is 6.04 Å². The first kappa shape index (κ1) is 24.4. The molecule has 32 heavy (non-hydrogen) atoms. The van der Waals surface area contributed by atoms with Gasteiger partial charge in [0.2, 0.25) is 5.91 Å². The summed E-state index contributed by atoms with van der Waals surface area (Å²) in [5.74, 6) is 0.151. The maximum absolute atomic E-state index is 13.2. The van der Waals surface area contributed by atoms with Crippen molar-refractivity contribution >= 4 is 35.0 Å². The van der Waals surface area contributed by atoms with E-state index in [-0.39, 0.29) is 31.0 Å². The fourth-order valence-corrected chi connectivity index (χ4v) is 4.53. The Kier molecular flexibility index (Phi) is 8.44. The number of halogens is 2. The van der Waals surface area contributed by atoms with E-state index in [1.54, 1.807) is 25.1 Å². The van der Waals surface area contributed by atoms with Gasteiger partial charge < -0.3 is 15.0 Å². The first-order valence-corrected chi connectivity index (χ1v) is 11.7. The maximum Gasteiger partial charge on any atom is 0.261 e. The summed E-state index contributed by atoms with van der Waals surface area (Å²) >= 11 is 12.7. The van der Waals surface area contributed by atoms with Gasteiger partial charge in [-0.1, -0.05) is 59.8 Å². The molecule has 0 radical (unpaired) electrons. The molecule has 2 aromatic rings. The van der Waals surface area contributed by atoms with Gasteiger partial charge in [-0.3, -0.25) is 9.59 Å². The molecule has 0 bridgehead atoms. The van der Waals surface area contributed by atoms with E-state index in [2.05, 4.69) is 5.32 Å². The highest BCUT2D eigenvalue weighted by Gasteiger charge is 2.29. The highest BCUT2D eigenvalue weighted by atomic mass is 35.5. The standard InChI is InChI=1S/C25H30Cl2N2O3/c1-16-11-12-23(17(2)13-16)32-15-24(30)29(14-20-21(26)9-6-10-22(20)27)18(3)25(31)28-19-7-4-5-8-19/h6,9-13,18-19H,4-5,7-8,14-15H2,1-3H3,(H,28,31)/t18-/m1/s1. The molecule has 3 rings (SSSR count). The van der Waals surface area contributed by atoms with Crippen LogP contribution in [0.2, 0.25) is 10.0 Å². The SMILES string of the molecule is Cc1ccc(OCC(=O)N(Cc2c(Cl)cccc2Cl)[C@H](C)C(=O)NC2CCCC2)c(C)c1. The summed E-state index contributed by atoms with van der Waals surface area (Å²) in [4.78, 5) is 27.7. The van der Waals surface area contributed by atoms with Gasteiger partial charge in [0, 0.05) is 28.2 Å². The van der Waals surface area contributed by atoms with E-state index in [4.69, 9.17) is 27.9 Å². The van der Waals surface area contributed by atoms with Crippen molar-refractivity contribution in [2.24, 2.45) is 0 Å². The molecule has 1 N–H and O–H groups in total. The number of ether oxygens (including phenoxy) is 1. The fraction of sp³-hybridized carbons (Fsp3) is 0.440. The molecule has 0 heterocycles. The number of nitrogens with one attached hydrogen (secondary N) is 1. The van der Waals surface area contributed by atoms with Crippen molar-refractivity contribution in [3.05, 3.63) is 63.1 Å². The van der Waals surface area contributed by atoms with Crippen LogP contribution in [0.15, 0.2) is 36.4 Å². The molecule has 172 valence electrons. The summed E-state index contributed by atoms with van der Waals surface area (Å²) < 4.78 is 5.81. The monoisotopic (exact) mass is 476 g/mol. The minimum Gasteiger partial charge on any atom is -0.483 e. The predicted molar refractivity (Wildman–Crippen MR) is 128 cm³/mol. The lowest BCUT2D eigenvalue weighted by Gasteiger charge is -2.30. The molecule has 0 aliphatic heterocycles. The number of amides is 2. The molecule has 0 unspecified atom stereocenters. The van der Waals surface area contributed by atoms with Gasteiger partial charge in [0.25, 0.3) is 5.91 Å². The molecule has 1 saturated carbocycles. The number of carbonyl (C=O) groups excluding carboxylic acids is 2. The van der Waals surface area contributed by atoms with E-state index in [0.717, 1.165) is 36.8 Å². The van der Waals surface area contributed by atoms with Gasteiger partial charge in [-0.15, -0.1) is 0 Å². The minimum atomic E-state index is -0.696. The molecular formula is C25H30Cl2N2O3. The topological polar surface area (TPSA) is 58.6 Å². The maximum atomic E-state index is 13.2. The summed E-state index contributed by atoms with van der Waals surface area (Å²) in [6, 6.07) is 10.4. The van der Waals surface area contributed by atoms with Crippen LogP contribution in [0.25, 0.3) is 0 Å². The van der Waals surface area contributed by atoms with Gasteiger partial charge >= 0.3 is 0 Å². The Morgan fingerprint density at radius 3 is 2.41 bits per heavy atom. The lowest BCUT2D eigenvalue weighted by molar-refractivity contribution is -0.142. The van der Waals surface area contributed by atoms with Crippen LogP contribution in [-0.2, 0) is 16.1 Å². The number of rotatable bonds is 8. The Labute approximate surface area is 200 Å². The molecule has 7 heteroatoms. The van der Waals surface area contributed by atoms with Gasteiger partial charge in [0.1, 0.15) is 11.8 Å². The highest BCUT2D eigenvalue weighted by molar-refractivity contribution is 6.36. The van der Waals surface area contributed by atoms with Crippen LogP contribution in [0.1, 0.15) is 49.3 Å². The average molecular weight is 477 g/mol. The predicted octanol–water partition coefficient (Wildman–Crippen LogP) is 5.47. The molecule has 2 amide bonds. The third kappa shape index (κ3) is 6.17. The first-order valence-electron chi connectivity index (χ1n) is 11.0. The minimum absolute atomic E-state index is 0.118. The van der Waals surface area contributed by atoms with Crippen molar-refractivity contribution in [3.63, 3.8) is 0 Å². The smallest absolute Gasteiger partial charge is 0.261 e. The third-order valence-electron chi connectivity index (χ3n) is 5.94. The number of nitrogens with zero attached hydrogens (tertiary/aromatic N) is 1. The molecule has 2 aromatic carbocycles. The summed E-state index contributed by atoms with van der Waals surface area (Å²) in [6.45, 7) is 5.59. The van der Waals surface area contributed by atoms with Gasteiger partial charge in [-0.2, -0.15) is 0 Å². The van der Waals surface area contributed by atoms with Crippen LogP contribution in [0.4, 0.5) is 0 Å². The van der Waals surface area contributed by atoms with Gasteiger partial charge in [-0.05, 0) is 57.4 Å². The van der Waals surface area contributed by atoms with Crippen LogP contribution in [0, 0.1) is 13.8 Å². The molecule has 1 aliphatic rings. The van der Waals surface area contributed by atoms with Crippen molar-refractivity contribution < 1.29 is 14.3 Å². The molecule has 1 aliphatic carbocycles. The Hall–Kier alpha value is -2.24. The Morgan fingerprint density at radius 1 is 1.12 bits per heavy atom. The second-order valence-electron chi connectivity index (χ2n) is 8.45. The van der Waals surface area contributed by atoms with Crippen molar-refractivity contribution in [2.75, 3.05) is 6.61 Å². The molecular weight excluding hydrogens is 447 g/mol. The number of hydrogen-bond donors (Lipinski definition) is 1. The Balaban J connectivity index is 1.78. The van der Waals surface area contributed by atoms with Crippen molar-refractivity contribution in [3.8, 4) is 5.75 Å². The van der Waals surface area contributed by atoms with Crippen molar-refractivity contribution in [1.29, 1.82) is 0 Å². The van der Waals surface area contributed by atoms with Crippen molar-refractivity contribution in [2.45, 2.75) is 65.1 Å². The zero-order valence-electron chi connectivity index (χ0n) is 18.8. The molecule has 1 atom stereocenters. The lowest BCUT2D eigenvalue weighted by Crippen LogP contribution is -2.50. The largest absolute Gasteiger partial charge is 0.483 e. The van der Waals surface area contributed by atoms with Crippen LogP contribution in [0.3, 0.4) is 0 Å². The summed E-state index contributed by atoms with van der Waals surface area (Å²) in [5.41, 5.74) is 2.68. The van der Waals surface area contributed by atoms with Crippen molar-refractivity contribution in [1.82, 2.24) is 10.2 Å². The summed E-state index contributed by atoms with van der Waals surface area (Å²) in [5, 5.41) is 3.98. The van der Waals surface area contributed by atoms with E-state index >= 15 is 0 Å². The van der Waals surface area contributed by atoms with Gasteiger partial charge in [0.15, 0.2) is 6.61 Å². The quantitative estimate of drug-likeness (QED) is 0.549. The van der Waals surface area contributed by atoms with E-state index in [9.17, 15) is 9.59 Å². The van der Waals surface area contributed by atoms with Crippen LogP contribution in [0.5, 0.6) is 5.75 Å². The van der Waals surface area contributed by atoms with Gasteiger partial charge in [-0.25, -0.2) is 0 Å². The summed E-state index contributed by atoms with van der Waals surface area (Å²) in [6.07, 6.45) is 4.17. The second kappa shape index (κ2) is 11.1. The van der Waals surface area contributed by atoms with E-state index in [0.29, 0.717) is 21.4 Å². The first-order chi connectivity index (χ1) is 15.3. The Bertz CT molecular complexity index is 953. The fourth-order valence-electron chi connectivity index (χ4n) is 4.01. The van der Waals surface area contributed by atoms with Crippen LogP contribution >= 0.6 is 23.2 Å². The molecule has 0 spiro atoms. The molecule has 0 aromatic heterocycles. The number of carbonyl (C=O) groups is 2. The second-order valence-corrected chi connectivity index (χ2v) is 9.26. The number of hydrogen-bond acceptors (Lipinski definition) is 3. The van der Waals surface area contributed by atoms with Crippen LogP contribution < -0.4 is 10.1 Å². The van der Waals surface area contributed by atoms with E-state index in [1.165, 1.54) is 4.90 Å². The van der Waals surface area contributed by atoms with E-state index in [1.807, 2.05) is 32.0 Å². The molecule has 1 fully saturated rings. The molecule has 5 nitrogen and oxygen atoms in total. The normalized spacial score (nSPS) is 14.8. The molecule has 0 saturated heterocycles. The number of aryl methyl sites for hydroxylation is 2. The lowest BCUT2D eigenvalue weighted by atomic mass is 10.1. The number of benzene rings is 2. The zero-order chi connectivity index (χ0) is 23.3. The Morgan fingerprint density at radius 2 is 1.78 bits per heavy atom. The zero-order valence-corrected chi connectivity index (χ0v) is 20.3. The summed E-state index contributed by atoms with van der Waals surface area (Å²) in [7, 11) is 0. The third-order valence-corrected chi connectivity index (χ3v) is 6.65. The average Bonchev–Trinajstić information content (AvgIpc) is 3.25. The highest BCUT2D eigenvalue weighted by Crippen LogP contribution is 2.27. The van der Waals surface area contributed by atoms with Gasteiger partial charge in [0.05, 0.1) is 0 Å². The van der Waals surface area contributed by atoms with Crippen LogP contribution in [-0.4, -0.2) is 35.4 Å².